The molecule has 1 spiro atoms. The van der Waals surface area contributed by atoms with E-state index in [2.05, 4.69) is 24.1 Å². The first kappa shape index (κ1) is 13.2. The molecule has 24 heavy (non-hydrogen) atoms. The Labute approximate surface area is 141 Å². The Kier molecular flexibility index (Phi) is 2.27. The molecule has 1 fully saturated rings. The number of nitrogens with zero attached hydrogens (tertiary/aromatic N) is 2. The summed E-state index contributed by atoms with van der Waals surface area (Å²) in [6, 6.07) is 8.69. The molecule has 0 radical (unpaired) electrons. The topological polar surface area (TPSA) is 45.6 Å². The molecule has 122 valence electrons. The minimum absolute atomic E-state index is 0.0137. The van der Waals surface area contributed by atoms with Crippen LogP contribution in [0.2, 0.25) is 0 Å². The molecule has 1 saturated heterocycles. The number of ether oxygens (including phenoxy) is 1. The lowest BCUT2D eigenvalue weighted by Gasteiger charge is -2.57. The number of hydrogen-bond acceptors (Lipinski definition) is 4. The summed E-state index contributed by atoms with van der Waals surface area (Å²) in [6.07, 6.45) is 5.02. The number of benzene rings is 1. The van der Waals surface area contributed by atoms with E-state index in [9.17, 15) is 5.11 Å². The van der Waals surface area contributed by atoms with Gasteiger partial charge in [0.05, 0.1) is 5.69 Å². The number of pyridine rings is 1. The Morgan fingerprint density at radius 3 is 3.08 bits per heavy atom. The van der Waals surface area contributed by atoms with E-state index in [1.165, 1.54) is 16.7 Å². The van der Waals surface area contributed by atoms with Crippen LogP contribution in [0.25, 0.3) is 0 Å². The summed E-state index contributed by atoms with van der Waals surface area (Å²) in [6.45, 7) is 1.08. The predicted octanol–water partition coefficient (Wildman–Crippen LogP) is 2.59. The first-order chi connectivity index (χ1) is 11.7. The first-order valence-electron chi connectivity index (χ1n) is 8.86. The van der Waals surface area contributed by atoms with Gasteiger partial charge in [0.1, 0.15) is 0 Å². The Morgan fingerprint density at radius 1 is 1.25 bits per heavy atom. The van der Waals surface area contributed by atoms with Gasteiger partial charge in [-0.25, -0.2) is 0 Å². The van der Waals surface area contributed by atoms with Gasteiger partial charge >= 0.3 is 0 Å². The second-order valence-corrected chi connectivity index (χ2v) is 7.85. The van der Waals surface area contributed by atoms with Crippen LogP contribution in [-0.4, -0.2) is 34.6 Å². The number of piperidine rings is 1. The molecule has 2 aliphatic carbocycles. The number of rotatable bonds is 0. The predicted molar refractivity (Wildman–Crippen MR) is 89.3 cm³/mol. The molecule has 0 unspecified atom stereocenters. The third kappa shape index (κ3) is 1.31. The molecule has 4 heteroatoms. The molecular weight excluding hydrogens is 300 g/mol. The molecule has 0 saturated carbocycles. The van der Waals surface area contributed by atoms with Crippen LogP contribution in [0.3, 0.4) is 0 Å². The van der Waals surface area contributed by atoms with E-state index < -0.39 is 0 Å². The van der Waals surface area contributed by atoms with Crippen LogP contribution in [-0.2, 0) is 18.3 Å². The number of likely N-dealkylation sites (tertiary alicyclic amines) is 1. The van der Waals surface area contributed by atoms with Crippen LogP contribution in [0.1, 0.15) is 34.9 Å². The van der Waals surface area contributed by atoms with Crippen molar-refractivity contribution < 1.29 is 9.84 Å². The lowest BCUT2D eigenvalue weighted by Crippen LogP contribution is -2.62. The van der Waals surface area contributed by atoms with Crippen LogP contribution < -0.4 is 4.74 Å². The number of aromatic nitrogens is 1. The van der Waals surface area contributed by atoms with Gasteiger partial charge in [-0.15, -0.1) is 0 Å². The molecule has 4 nitrogen and oxygen atoms in total. The monoisotopic (exact) mass is 320 g/mol. The standard InChI is InChI=1S/C20H20N2O2/c1-22-8-6-20-13-9-12-3-2-7-21-17(12)19(20)24-18-15(23)5-4-11(16(18)20)10-14(13)22/h2-5,7,13-14,19,23H,6,8-10H2,1H3/t13-,14-,19-,20-/m0/s1. The maximum absolute atomic E-state index is 10.5. The minimum Gasteiger partial charge on any atom is -0.504 e. The molecule has 1 aromatic carbocycles. The van der Waals surface area contributed by atoms with Gasteiger partial charge in [0.2, 0.25) is 0 Å². The van der Waals surface area contributed by atoms with Gasteiger partial charge in [-0.05, 0) is 62.0 Å². The molecular formula is C20H20N2O2. The van der Waals surface area contributed by atoms with E-state index in [1.54, 1.807) is 6.07 Å². The van der Waals surface area contributed by atoms with E-state index in [0.29, 0.717) is 12.0 Å². The van der Waals surface area contributed by atoms with E-state index in [0.717, 1.165) is 37.3 Å². The lowest BCUT2D eigenvalue weighted by molar-refractivity contribution is -0.0260. The Morgan fingerprint density at radius 2 is 2.17 bits per heavy atom. The van der Waals surface area contributed by atoms with Crippen LogP contribution in [0.4, 0.5) is 0 Å². The third-order valence-electron chi connectivity index (χ3n) is 7.01. The van der Waals surface area contributed by atoms with Gasteiger partial charge in [-0.3, -0.25) is 4.98 Å². The number of hydrogen-bond donors (Lipinski definition) is 1. The van der Waals surface area contributed by atoms with Crippen molar-refractivity contribution in [3.63, 3.8) is 0 Å². The van der Waals surface area contributed by atoms with Gasteiger partial charge in [-0.1, -0.05) is 12.1 Å². The zero-order valence-electron chi connectivity index (χ0n) is 13.7. The molecule has 2 aliphatic heterocycles. The van der Waals surface area contributed by atoms with Crippen molar-refractivity contribution in [2.24, 2.45) is 5.92 Å². The van der Waals surface area contributed by atoms with Crippen molar-refractivity contribution in [2.45, 2.75) is 36.8 Å². The highest BCUT2D eigenvalue weighted by Gasteiger charge is 2.64. The Bertz CT molecular complexity index is 880. The van der Waals surface area contributed by atoms with Gasteiger partial charge < -0.3 is 14.7 Å². The highest BCUT2D eigenvalue weighted by atomic mass is 16.5. The maximum atomic E-state index is 10.5. The fourth-order valence-corrected chi connectivity index (χ4v) is 6.00. The lowest BCUT2D eigenvalue weighted by atomic mass is 9.51. The average Bonchev–Trinajstić information content (AvgIpc) is 2.95. The summed E-state index contributed by atoms with van der Waals surface area (Å²) < 4.78 is 6.44. The molecule has 0 amide bonds. The summed E-state index contributed by atoms with van der Waals surface area (Å²) in [5, 5.41) is 10.5. The van der Waals surface area contributed by atoms with Crippen molar-refractivity contribution in [1.82, 2.24) is 9.88 Å². The normalized spacial score (nSPS) is 35.1. The summed E-state index contributed by atoms with van der Waals surface area (Å²) in [4.78, 5) is 7.23. The molecule has 6 rings (SSSR count). The molecule has 2 aromatic rings. The fraction of sp³-hybridized carbons (Fsp3) is 0.450. The average molecular weight is 320 g/mol. The molecule has 4 aliphatic rings. The van der Waals surface area contributed by atoms with Crippen molar-refractivity contribution in [3.8, 4) is 11.5 Å². The summed E-state index contributed by atoms with van der Waals surface area (Å²) >= 11 is 0. The third-order valence-corrected chi connectivity index (χ3v) is 7.01. The van der Waals surface area contributed by atoms with Crippen molar-refractivity contribution >= 4 is 0 Å². The van der Waals surface area contributed by atoms with Gasteiger partial charge in [-0.2, -0.15) is 0 Å². The van der Waals surface area contributed by atoms with E-state index in [1.807, 2.05) is 12.3 Å². The van der Waals surface area contributed by atoms with E-state index in [-0.39, 0.29) is 17.3 Å². The van der Waals surface area contributed by atoms with Gasteiger partial charge in [0, 0.05) is 23.2 Å². The molecule has 2 bridgehead atoms. The number of phenolic OH excluding ortho intramolecular Hbond substituents is 1. The number of likely N-dealkylation sites (N-methyl/N-ethyl adjacent to an activating group) is 1. The highest BCUT2D eigenvalue weighted by molar-refractivity contribution is 5.62. The van der Waals surface area contributed by atoms with E-state index in [4.69, 9.17) is 9.72 Å². The van der Waals surface area contributed by atoms with Gasteiger partial charge in [0.25, 0.3) is 0 Å². The molecule has 3 heterocycles. The number of phenols is 1. The van der Waals surface area contributed by atoms with Crippen LogP contribution in [0, 0.1) is 5.92 Å². The molecule has 1 aromatic heterocycles. The minimum atomic E-state index is -0.0500. The van der Waals surface area contributed by atoms with Crippen LogP contribution in [0.15, 0.2) is 30.5 Å². The number of aromatic hydroxyl groups is 1. The maximum Gasteiger partial charge on any atom is 0.166 e. The quantitative estimate of drug-likeness (QED) is 0.810. The summed E-state index contributed by atoms with van der Waals surface area (Å²) in [5.41, 5.74) is 5.04. The zero-order chi connectivity index (χ0) is 16.1. The molecule has 1 N–H and O–H groups in total. The number of fused-ring (bicyclic) bond motifs is 2. The van der Waals surface area contributed by atoms with Crippen molar-refractivity contribution in [3.05, 3.63) is 52.8 Å². The summed E-state index contributed by atoms with van der Waals surface area (Å²) in [7, 11) is 2.26. The Hall–Kier alpha value is -2.07. The van der Waals surface area contributed by atoms with Crippen LogP contribution >= 0.6 is 0 Å². The molecule has 4 atom stereocenters. The summed E-state index contributed by atoms with van der Waals surface area (Å²) in [5.74, 6) is 1.55. The van der Waals surface area contributed by atoms with Crippen LogP contribution in [0.5, 0.6) is 11.5 Å². The largest absolute Gasteiger partial charge is 0.504 e. The van der Waals surface area contributed by atoms with E-state index >= 15 is 0 Å². The Balaban J connectivity index is 1.70. The first-order valence-corrected chi connectivity index (χ1v) is 8.86. The second-order valence-electron chi connectivity index (χ2n) is 7.85. The smallest absolute Gasteiger partial charge is 0.166 e. The van der Waals surface area contributed by atoms with Gasteiger partial charge in [0.15, 0.2) is 17.6 Å². The zero-order valence-corrected chi connectivity index (χ0v) is 13.7. The fourth-order valence-electron chi connectivity index (χ4n) is 6.00. The van der Waals surface area contributed by atoms with Crippen molar-refractivity contribution in [2.75, 3.05) is 13.6 Å². The second kappa shape index (κ2) is 4.12. The highest BCUT2D eigenvalue weighted by Crippen LogP contribution is 2.66. The SMILES string of the molecule is CN1CC[C@]23c4c5ccc(O)c4O[C@H]2c2ncccc2C[C@H]3[C@@H]1C5. The van der Waals surface area contributed by atoms with Crippen molar-refractivity contribution in [1.29, 1.82) is 0 Å².